The molecular formula is C24H28N2O3. The van der Waals surface area contributed by atoms with Gasteiger partial charge >= 0.3 is 0 Å². The van der Waals surface area contributed by atoms with Crippen LogP contribution < -0.4 is 10.1 Å². The summed E-state index contributed by atoms with van der Waals surface area (Å²) < 4.78 is 5.29. The van der Waals surface area contributed by atoms with Gasteiger partial charge in [0.2, 0.25) is 5.91 Å². The van der Waals surface area contributed by atoms with Crippen LogP contribution in [0.25, 0.3) is 6.08 Å². The number of rotatable bonds is 5. The maximum Gasteiger partial charge on any atom is 0.254 e. The average Bonchev–Trinajstić information content (AvgIpc) is 2.73. The lowest BCUT2D eigenvalue weighted by Gasteiger charge is -2.33. The number of methoxy groups -OCH3 is 1. The third kappa shape index (κ3) is 5.05. The Hall–Kier alpha value is -3.08. The van der Waals surface area contributed by atoms with Crippen LogP contribution in [0.3, 0.4) is 0 Å². The summed E-state index contributed by atoms with van der Waals surface area (Å²) in [6.45, 7) is 4.81. The topological polar surface area (TPSA) is 58.6 Å². The number of para-hydroxylation sites is 1. The van der Waals surface area contributed by atoms with Crippen LogP contribution in [0.2, 0.25) is 0 Å². The third-order valence-corrected chi connectivity index (χ3v) is 5.35. The zero-order chi connectivity index (χ0) is 20.8. The van der Waals surface area contributed by atoms with Crippen molar-refractivity contribution in [3.05, 3.63) is 65.2 Å². The Labute approximate surface area is 172 Å². The monoisotopic (exact) mass is 392 g/mol. The highest BCUT2D eigenvalue weighted by Gasteiger charge is 2.24. The lowest BCUT2D eigenvalue weighted by Crippen LogP contribution is -2.42. The van der Waals surface area contributed by atoms with Gasteiger partial charge in [0, 0.05) is 35.5 Å². The zero-order valence-corrected chi connectivity index (χ0v) is 17.3. The Bertz CT molecular complexity index is 920. The van der Waals surface area contributed by atoms with Crippen molar-refractivity contribution < 1.29 is 14.3 Å². The standard InChI is InChI=1S/C24H28N2O3/c1-17-16-20(24(28)26-15-7-6-8-18(26)2)11-13-21(17)25-23(27)14-12-19-9-4-5-10-22(19)29-3/h4-5,9-14,16,18H,6-8,15H2,1-3H3,(H,25,27)/b14-12+. The molecule has 0 spiro atoms. The van der Waals surface area contributed by atoms with Crippen molar-refractivity contribution >= 4 is 23.6 Å². The highest BCUT2D eigenvalue weighted by Crippen LogP contribution is 2.23. The van der Waals surface area contributed by atoms with E-state index in [1.54, 1.807) is 25.3 Å². The molecule has 1 aliphatic heterocycles. The fourth-order valence-corrected chi connectivity index (χ4v) is 3.65. The second-order valence-electron chi connectivity index (χ2n) is 7.44. The van der Waals surface area contributed by atoms with E-state index >= 15 is 0 Å². The first-order chi connectivity index (χ1) is 14.0. The number of likely N-dealkylation sites (tertiary alicyclic amines) is 1. The van der Waals surface area contributed by atoms with Crippen LogP contribution in [0.4, 0.5) is 5.69 Å². The maximum atomic E-state index is 12.8. The Morgan fingerprint density at radius 3 is 2.69 bits per heavy atom. The number of hydrogen-bond acceptors (Lipinski definition) is 3. The Morgan fingerprint density at radius 2 is 1.97 bits per heavy atom. The van der Waals surface area contributed by atoms with Crippen molar-refractivity contribution in [1.82, 2.24) is 4.90 Å². The molecule has 1 saturated heterocycles. The summed E-state index contributed by atoms with van der Waals surface area (Å²) in [6.07, 6.45) is 6.49. The number of anilines is 1. The lowest BCUT2D eigenvalue weighted by molar-refractivity contribution is -0.111. The summed E-state index contributed by atoms with van der Waals surface area (Å²) in [5, 5.41) is 2.88. The molecule has 5 nitrogen and oxygen atoms in total. The van der Waals surface area contributed by atoms with Gasteiger partial charge in [-0.05, 0) is 69.0 Å². The molecule has 1 fully saturated rings. The molecule has 0 bridgehead atoms. The zero-order valence-electron chi connectivity index (χ0n) is 17.3. The minimum absolute atomic E-state index is 0.0641. The summed E-state index contributed by atoms with van der Waals surface area (Å²) >= 11 is 0. The molecule has 0 aromatic heterocycles. The van der Waals surface area contributed by atoms with Crippen molar-refractivity contribution in [2.45, 2.75) is 39.2 Å². The molecule has 3 rings (SSSR count). The molecule has 1 unspecified atom stereocenters. The number of nitrogens with one attached hydrogen (secondary N) is 1. The van der Waals surface area contributed by atoms with Crippen molar-refractivity contribution in [3.63, 3.8) is 0 Å². The Kier molecular flexibility index (Phi) is 6.70. The second kappa shape index (κ2) is 9.41. The number of benzene rings is 2. The van der Waals surface area contributed by atoms with Gasteiger partial charge in [0.25, 0.3) is 5.91 Å². The van der Waals surface area contributed by atoms with Crippen LogP contribution in [0.5, 0.6) is 5.75 Å². The molecule has 1 aliphatic rings. The molecule has 1 heterocycles. The number of aryl methyl sites for hydroxylation is 1. The van der Waals surface area contributed by atoms with Crippen molar-refractivity contribution in [1.29, 1.82) is 0 Å². The van der Waals surface area contributed by atoms with Gasteiger partial charge in [-0.2, -0.15) is 0 Å². The number of amides is 2. The van der Waals surface area contributed by atoms with E-state index in [1.165, 1.54) is 12.5 Å². The lowest BCUT2D eigenvalue weighted by atomic mass is 10.0. The van der Waals surface area contributed by atoms with Gasteiger partial charge in [-0.1, -0.05) is 18.2 Å². The molecule has 0 saturated carbocycles. The van der Waals surface area contributed by atoms with E-state index in [-0.39, 0.29) is 17.9 Å². The van der Waals surface area contributed by atoms with Crippen LogP contribution in [0, 0.1) is 6.92 Å². The van der Waals surface area contributed by atoms with Crippen LogP contribution >= 0.6 is 0 Å². The SMILES string of the molecule is COc1ccccc1/C=C/C(=O)Nc1ccc(C(=O)N2CCCCC2C)cc1C. The normalized spacial score (nSPS) is 16.7. The minimum atomic E-state index is -0.234. The quantitative estimate of drug-likeness (QED) is 0.752. The number of hydrogen-bond donors (Lipinski definition) is 1. The number of carbonyl (C=O) groups excluding carboxylic acids is 2. The van der Waals surface area contributed by atoms with Gasteiger partial charge in [-0.25, -0.2) is 0 Å². The molecule has 2 aromatic carbocycles. The number of nitrogens with zero attached hydrogens (tertiary/aromatic N) is 1. The smallest absolute Gasteiger partial charge is 0.254 e. The van der Waals surface area contributed by atoms with E-state index in [9.17, 15) is 9.59 Å². The number of carbonyl (C=O) groups is 2. The van der Waals surface area contributed by atoms with E-state index < -0.39 is 0 Å². The third-order valence-electron chi connectivity index (χ3n) is 5.35. The molecule has 2 aromatic rings. The fourth-order valence-electron chi connectivity index (χ4n) is 3.65. The molecule has 2 amide bonds. The van der Waals surface area contributed by atoms with E-state index in [2.05, 4.69) is 12.2 Å². The van der Waals surface area contributed by atoms with Crippen molar-refractivity contribution in [2.24, 2.45) is 0 Å². The minimum Gasteiger partial charge on any atom is -0.496 e. The predicted molar refractivity (Wildman–Crippen MR) is 116 cm³/mol. The highest BCUT2D eigenvalue weighted by atomic mass is 16.5. The van der Waals surface area contributed by atoms with Crippen molar-refractivity contribution in [2.75, 3.05) is 19.0 Å². The first-order valence-corrected chi connectivity index (χ1v) is 10.0. The average molecular weight is 392 g/mol. The molecule has 29 heavy (non-hydrogen) atoms. The van der Waals surface area contributed by atoms with Crippen LogP contribution in [0.1, 0.15) is 47.7 Å². The van der Waals surface area contributed by atoms with Gasteiger partial charge in [-0.3, -0.25) is 9.59 Å². The van der Waals surface area contributed by atoms with Gasteiger partial charge in [-0.15, -0.1) is 0 Å². The molecule has 1 N–H and O–H groups in total. The Morgan fingerprint density at radius 1 is 1.17 bits per heavy atom. The van der Waals surface area contributed by atoms with E-state index in [0.717, 1.165) is 30.5 Å². The van der Waals surface area contributed by atoms with Crippen LogP contribution in [-0.2, 0) is 4.79 Å². The summed E-state index contributed by atoms with van der Waals surface area (Å²) in [6, 6.07) is 13.2. The van der Waals surface area contributed by atoms with E-state index in [0.29, 0.717) is 17.0 Å². The molecular weight excluding hydrogens is 364 g/mol. The number of ether oxygens (including phenoxy) is 1. The Balaban J connectivity index is 1.68. The predicted octanol–water partition coefficient (Wildman–Crippen LogP) is 4.67. The van der Waals surface area contributed by atoms with Gasteiger partial charge in [0.1, 0.15) is 5.75 Å². The first-order valence-electron chi connectivity index (χ1n) is 10.0. The summed E-state index contributed by atoms with van der Waals surface area (Å²) in [7, 11) is 1.60. The molecule has 152 valence electrons. The van der Waals surface area contributed by atoms with E-state index in [4.69, 9.17) is 4.74 Å². The summed E-state index contributed by atoms with van der Waals surface area (Å²) in [4.78, 5) is 27.1. The molecule has 1 atom stereocenters. The second-order valence-corrected chi connectivity index (χ2v) is 7.44. The van der Waals surface area contributed by atoms with Crippen molar-refractivity contribution in [3.8, 4) is 5.75 Å². The fraction of sp³-hybridized carbons (Fsp3) is 0.333. The summed E-state index contributed by atoms with van der Waals surface area (Å²) in [5.41, 5.74) is 3.06. The largest absolute Gasteiger partial charge is 0.496 e. The van der Waals surface area contributed by atoms with Gasteiger partial charge in [0.15, 0.2) is 0 Å². The van der Waals surface area contributed by atoms with Crippen LogP contribution in [0.15, 0.2) is 48.5 Å². The molecule has 0 radical (unpaired) electrons. The van der Waals surface area contributed by atoms with Gasteiger partial charge < -0.3 is 15.0 Å². The molecule has 5 heteroatoms. The van der Waals surface area contributed by atoms with E-state index in [1.807, 2.05) is 42.2 Å². The first kappa shape index (κ1) is 20.6. The molecule has 0 aliphatic carbocycles. The van der Waals surface area contributed by atoms with Crippen LogP contribution in [-0.4, -0.2) is 36.4 Å². The maximum absolute atomic E-state index is 12.8. The highest BCUT2D eigenvalue weighted by molar-refractivity contribution is 6.03. The number of piperidine rings is 1. The summed E-state index contributed by atoms with van der Waals surface area (Å²) in [5.74, 6) is 0.541. The van der Waals surface area contributed by atoms with Gasteiger partial charge in [0.05, 0.1) is 7.11 Å².